The van der Waals surface area contributed by atoms with Crippen molar-refractivity contribution >= 4 is 11.7 Å². The molecule has 0 saturated heterocycles. The molecule has 4 heteroatoms. The van der Waals surface area contributed by atoms with Crippen molar-refractivity contribution in [2.75, 3.05) is 25.5 Å². The summed E-state index contributed by atoms with van der Waals surface area (Å²) in [5.41, 5.74) is 2.33. The van der Waals surface area contributed by atoms with Crippen LogP contribution in [-0.4, -0.2) is 37.8 Å². The van der Waals surface area contributed by atoms with E-state index in [1.807, 2.05) is 14.1 Å². The Morgan fingerprint density at radius 1 is 1.30 bits per heavy atom. The van der Waals surface area contributed by atoms with Gasteiger partial charge in [0.1, 0.15) is 0 Å². The predicted molar refractivity (Wildman–Crippen MR) is 83.4 cm³/mol. The van der Waals surface area contributed by atoms with Crippen molar-refractivity contribution in [3.8, 4) is 0 Å². The van der Waals surface area contributed by atoms with Crippen LogP contribution in [0.25, 0.3) is 0 Å². The average Bonchev–Trinajstić information content (AvgIpc) is 2.38. The summed E-state index contributed by atoms with van der Waals surface area (Å²) in [6.45, 7) is 3.01. The minimum absolute atomic E-state index is 0.00394. The second kappa shape index (κ2) is 8.59. The van der Waals surface area contributed by atoms with Crippen molar-refractivity contribution < 1.29 is 9.90 Å². The van der Waals surface area contributed by atoms with Crippen LogP contribution in [0.4, 0.5) is 5.69 Å². The quantitative estimate of drug-likeness (QED) is 0.682. The van der Waals surface area contributed by atoms with E-state index in [1.54, 1.807) is 0 Å². The molecule has 0 radical (unpaired) electrons. The van der Waals surface area contributed by atoms with Crippen LogP contribution in [0.2, 0.25) is 0 Å². The highest BCUT2D eigenvalue weighted by Gasteiger charge is 2.13. The number of rotatable bonds is 9. The second-order valence-corrected chi connectivity index (χ2v) is 5.37. The summed E-state index contributed by atoms with van der Waals surface area (Å²) >= 11 is 0. The monoisotopic (exact) mass is 278 g/mol. The van der Waals surface area contributed by atoms with Gasteiger partial charge in [-0.25, -0.2) is 0 Å². The van der Waals surface area contributed by atoms with Gasteiger partial charge in [0.05, 0.1) is 6.42 Å². The summed E-state index contributed by atoms with van der Waals surface area (Å²) in [4.78, 5) is 13.0. The van der Waals surface area contributed by atoms with Gasteiger partial charge in [0.15, 0.2) is 0 Å². The molecule has 1 rings (SSSR count). The van der Waals surface area contributed by atoms with E-state index in [1.165, 1.54) is 5.56 Å². The van der Waals surface area contributed by atoms with E-state index < -0.39 is 5.97 Å². The summed E-state index contributed by atoms with van der Waals surface area (Å²) in [5, 5.41) is 12.3. The number of benzene rings is 1. The predicted octanol–water partition coefficient (Wildman–Crippen LogP) is 2.53. The lowest BCUT2D eigenvalue weighted by Gasteiger charge is -2.18. The van der Waals surface area contributed by atoms with E-state index in [4.69, 9.17) is 5.11 Å². The number of hydrogen-bond acceptors (Lipinski definition) is 3. The molecule has 0 aliphatic carbocycles. The van der Waals surface area contributed by atoms with Gasteiger partial charge in [-0.15, -0.1) is 0 Å². The number of carbonyl (C=O) groups is 1. The van der Waals surface area contributed by atoms with Gasteiger partial charge >= 0.3 is 5.97 Å². The third-order valence-electron chi connectivity index (χ3n) is 3.32. The number of unbranched alkanes of at least 4 members (excludes halogenated alkanes) is 1. The van der Waals surface area contributed by atoms with Crippen molar-refractivity contribution in [1.82, 2.24) is 5.32 Å². The Morgan fingerprint density at radius 3 is 2.45 bits per heavy atom. The van der Waals surface area contributed by atoms with Gasteiger partial charge in [-0.05, 0) is 37.1 Å². The molecule has 1 aromatic carbocycles. The molecule has 0 aliphatic rings. The first kappa shape index (κ1) is 16.5. The highest BCUT2D eigenvalue weighted by atomic mass is 16.4. The van der Waals surface area contributed by atoms with Gasteiger partial charge in [0, 0.05) is 25.8 Å². The number of anilines is 1. The van der Waals surface area contributed by atoms with Crippen LogP contribution >= 0.6 is 0 Å². The lowest BCUT2D eigenvalue weighted by Crippen LogP contribution is -2.34. The molecule has 4 nitrogen and oxygen atoms in total. The van der Waals surface area contributed by atoms with Gasteiger partial charge in [0.25, 0.3) is 0 Å². The zero-order valence-corrected chi connectivity index (χ0v) is 12.7. The Balaban J connectivity index is 2.60. The number of nitrogens with zero attached hydrogens (tertiary/aromatic N) is 1. The molecule has 0 aliphatic heterocycles. The first-order valence-electron chi connectivity index (χ1n) is 7.24. The molecular formula is C16H26N2O2. The van der Waals surface area contributed by atoms with Crippen LogP contribution in [0, 0.1) is 0 Å². The third-order valence-corrected chi connectivity index (χ3v) is 3.32. The number of aliphatic carboxylic acids is 1. The fourth-order valence-corrected chi connectivity index (χ4v) is 2.12. The van der Waals surface area contributed by atoms with Crippen molar-refractivity contribution in [1.29, 1.82) is 0 Å². The normalized spacial score (nSPS) is 12.2. The zero-order chi connectivity index (χ0) is 15.0. The van der Waals surface area contributed by atoms with Gasteiger partial charge < -0.3 is 15.3 Å². The summed E-state index contributed by atoms with van der Waals surface area (Å²) in [5.74, 6) is -0.746. The van der Waals surface area contributed by atoms with Crippen molar-refractivity contribution in [3.05, 3.63) is 29.8 Å². The summed E-state index contributed by atoms with van der Waals surface area (Å²) in [6.07, 6.45) is 3.11. The van der Waals surface area contributed by atoms with Crippen LogP contribution in [0.15, 0.2) is 24.3 Å². The fraction of sp³-hybridized carbons (Fsp3) is 0.562. The molecule has 0 heterocycles. The number of carboxylic acid groups (broad SMARTS) is 1. The Morgan fingerprint density at radius 2 is 1.95 bits per heavy atom. The topological polar surface area (TPSA) is 52.6 Å². The maximum atomic E-state index is 10.9. The summed E-state index contributed by atoms with van der Waals surface area (Å²) < 4.78 is 0. The van der Waals surface area contributed by atoms with Gasteiger partial charge in [-0.3, -0.25) is 4.79 Å². The second-order valence-electron chi connectivity index (χ2n) is 5.37. The molecule has 2 N–H and O–H groups in total. The largest absolute Gasteiger partial charge is 0.481 e. The molecular weight excluding hydrogens is 252 g/mol. The minimum Gasteiger partial charge on any atom is -0.481 e. The lowest BCUT2D eigenvalue weighted by molar-refractivity contribution is -0.137. The zero-order valence-electron chi connectivity index (χ0n) is 12.7. The van der Waals surface area contributed by atoms with Crippen molar-refractivity contribution in [2.24, 2.45) is 0 Å². The maximum absolute atomic E-state index is 10.9. The standard InChI is InChI=1S/C16H26N2O2/c1-4-5-10-17-14(12-16(19)20)11-13-6-8-15(9-7-13)18(2)3/h6-9,14,17H,4-5,10-12H2,1-3H3,(H,19,20). The molecule has 112 valence electrons. The SMILES string of the molecule is CCCCNC(CC(=O)O)Cc1ccc(N(C)C)cc1. The van der Waals surface area contributed by atoms with E-state index in [0.29, 0.717) is 0 Å². The highest BCUT2D eigenvalue weighted by molar-refractivity contribution is 5.67. The van der Waals surface area contributed by atoms with E-state index in [0.717, 1.165) is 31.5 Å². The maximum Gasteiger partial charge on any atom is 0.304 e. The van der Waals surface area contributed by atoms with Gasteiger partial charge in [-0.1, -0.05) is 25.5 Å². The number of carboxylic acids is 1. The molecule has 0 aromatic heterocycles. The third kappa shape index (κ3) is 6.06. The van der Waals surface area contributed by atoms with E-state index in [2.05, 4.69) is 41.4 Å². The van der Waals surface area contributed by atoms with Crippen molar-refractivity contribution in [2.45, 2.75) is 38.6 Å². The van der Waals surface area contributed by atoms with Crippen LogP contribution in [-0.2, 0) is 11.2 Å². The molecule has 1 aromatic rings. The number of nitrogens with one attached hydrogen (secondary N) is 1. The van der Waals surface area contributed by atoms with Gasteiger partial charge in [-0.2, -0.15) is 0 Å². The van der Waals surface area contributed by atoms with E-state index >= 15 is 0 Å². The summed E-state index contributed by atoms with van der Waals surface area (Å²) in [7, 11) is 4.02. The van der Waals surface area contributed by atoms with Crippen LogP contribution in [0.3, 0.4) is 0 Å². The Hall–Kier alpha value is -1.55. The first-order valence-corrected chi connectivity index (χ1v) is 7.24. The molecule has 0 spiro atoms. The average molecular weight is 278 g/mol. The Bertz CT molecular complexity index is 401. The van der Waals surface area contributed by atoms with Crippen LogP contribution in [0.1, 0.15) is 31.7 Å². The fourth-order valence-electron chi connectivity index (χ4n) is 2.12. The Kier molecular flexibility index (Phi) is 7.09. The minimum atomic E-state index is -0.746. The molecule has 0 saturated carbocycles. The highest BCUT2D eigenvalue weighted by Crippen LogP contribution is 2.14. The first-order chi connectivity index (χ1) is 9.52. The molecule has 20 heavy (non-hydrogen) atoms. The van der Waals surface area contributed by atoms with Gasteiger partial charge in [0.2, 0.25) is 0 Å². The molecule has 0 amide bonds. The van der Waals surface area contributed by atoms with E-state index in [9.17, 15) is 4.79 Å². The molecule has 1 atom stereocenters. The van der Waals surface area contributed by atoms with Crippen molar-refractivity contribution in [3.63, 3.8) is 0 Å². The molecule has 0 bridgehead atoms. The summed E-state index contributed by atoms with van der Waals surface area (Å²) in [6, 6.07) is 8.29. The molecule has 0 fully saturated rings. The molecule has 1 unspecified atom stereocenters. The Labute approximate surface area is 121 Å². The number of hydrogen-bond donors (Lipinski definition) is 2. The van der Waals surface area contributed by atoms with E-state index in [-0.39, 0.29) is 12.5 Å². The smallest absolute Gasteiger partial charge is 0.304 e. The van der Waals surface area contributed by atoms with Crippen LogP contribution < -0.4 is 10.2 Å². The van der Waals surface area contributed by atoms with Crippen LogP contribution in [0.5, 0.6) is 0 Å². The lowest BCUT2D eigenvalue weighted by atomic mass is 10.0.